The summed E-state index contributed by atoms with van der Waals surface area (Å²) in [6, 6.07) is 3.79. The molecule has 0 bridgehead atoms. The summed E-state index contributed by atoms with van der Waals surface area (Å²) in [7, 11) is 1.87. The summed E-state index contributed by atoms with van der Waals surface area (Å²) in [4.78, 5) is 14.5. The number of nitrogens with zero attached hydrogens (tertiary/aromatic N) is 3. The van der Waals surface area contributed by atoms with Gasteiger partial charge in [0.15, 0.2) is 0 Å². The van der Waals surface area contributed by atoms with Gasteiger partial charge in [-0.15, -0.1) is 0 Å². The smallest absolute Gasteiger partial charge is 0.222 e. The number of carbonyl (C=O) groups is 1. The molecule has 1 atom stereocenters. The van der Waals surface area contributed by atoms with Crippen LogP contribution in [0, 0.1) is 13.8 Å². The maximum atomic E-state index is 12.6. The number of aliphatic hydroxyl groups is 1. The Balaban J connectivity index is 1.52. The lowest BCUT2D eigenvalue weighted by Gasteiger charge is -2.27. The van der Waals surface area contributed by atoms with Crippen molar-refractivity contribution in [3.63, 3.8) is 0 Å². The van der Waals surface area contributed by atoms with E-state index in [0.29, 0.717) is 44.5 Å². The lowest BCUT2D eigenvalue weighted by molar-refractivity contribution is -0.131. The fourth-order valence-corrected chi connectivity index (χ4v) is 3.90. The van der Waals surface area contributed by atoms with Crippen LogP contribution >= 0.6 is 11.6 Å². The topological polar surface area (TPSA) is 67.6 Å². The van der Waals surface area contributed by atoms with E-state index in [9.17, 15) is 9.90 Å². The second-order valence-corrected chi connectivity index (χ2v) is 8.52. The van der Waals surface area contributed by atoms with Crippen LogP contribution in [0.4, 0.5) is 0 Å². The van der Waals surface area contributed by atoms with Crippen molar-refractivity contribution in [3.8, 4) is 5.75 Å². The summed E-state index contributed by atoms with van der Waals surface area (Å²) in [5.74, 6) is 0.842. The molecular weight excluding hydrogens is 390 g/mol. The molecule has 1 aromatic carbocycles. The lowest BCUT2D eigenvalue weighted by atomic mass is 9.96. The van der Waals surface area contributed by atoms with Crippen LogP contribution in [0.3, 0.4) is 0 Å². The van der Waals surface area contributed by atoms with Crippen LogP contribution in [-0.2, 0) is 18.3 Å². The van der Waals surface area contributed by atoms with Crippen LogP contribution in [0.25, 0.3) is 0 Å². The van der Waals surface area contributed by atoms with Gasteiger partial charge >= 0.3 is 0 Å². The highest BCUT2D eigenvalue weighted by Gasteiger charge is 2.32. The van der Waals surface area contributed by atoms with Crippen molar-refractivity contribution in [2.45, 2.75) is 51.6 Å². The molecule has 1 N–H and O–H groups in total. The molecule has 1 amide bonds. The Morgan fingerprint density at radius 1 is 1.28 bits per heavy atom. The van der Waals surface area contributed by atoms with E-state index in [1.807, 2.05) is 44.1 Å². The van der Waals surface area contributed by atoms with Gasteiger partial charge in [0.1, 0.15) is 18.0 Å². The second-order valence-electron chi connectivity index (χ2n) is 8.14. The number of carbonyl (C=O) groups excluding carboxylic acids is 1. The van der Waals surface area contributed by atoms with Gasteiger partial charge in [-0.25, -0.2) is 0 Å². The predicted molar refractivity (Wildman–Crippen MR) is 113 cm³/mol. The van der Waals surface area contributed by atoms with Crippen molar-refractivity contribution in [1.82, 2.24) is 14.7 Å². The molecule has 3 rings (SSSR count). The third kappa shape index (κ3) is 5.73. The molecule has 1 aliphatic heterocycles. The zero-order valence-electron chi connectivity index (χ0n) is 17.4. The van der Waals surface area contributed by atoms with Crippen LogP contribution in [0.2, 0.25) is 5.02 Å². The first-order valence-corrected chi connectivity index (χ1v) is 10.5. The van der Waals surface area contributed by atoms with E-state index in [4.69, 9.17) is 16.3 Å². The SMILES string of the molecule is Cc1cc(OCC2(O)CCCN(C(=O)CCc3cnn(C)c3)CC2)cc(C)c1Cl. The van der Waals surface area contributed by atoms with Crippen molar-refractivity contribution in [3.05, 3.63) is 46.2 Å². The third-order valence-corrected chi connectivity index (χ3v) is 6.17. The van der Waals surface area contributed by atoms with Crippen LogP contribution < -0.4 is 4.74 Å². The summed E-state index contributed by atoms with van der Waals surface area (Å²) < 4.78 is 7.65. The number of hydrogen-bond donors (Lipinski definition) is 1. The highest BCUT2D eigenvalue weighted by Crippen LogP contribution is 2.28. The molecule has 1 aliphatic rings. The highest BCUT2D eigenvalue weighted by molar-refractivity contribution is 6.32. The number of benzene rings is 1. The molecule has 0 spiro atoms. The molecule has 2 heterocycles. The van der Waals surface area contributed by atoms with Gasteiger partial charge in [-0.1, -0.05) is 11.6 Å². The molecule has 0 radical (unpaired) electrons. The number of amides is 1. The van der Waals surface area contributed by atoms with Crippen molar-refractivity contribution >= 4 is 17.5 Å². The Hall–Kier alpha value is -2.05. The molecule has 6 nitrogen and oxygen atoms in total. The van der Waals surface area contributed by atoms with Crippen LogP contribution in [0.15, 0.2) is 24.5 Å². The average Bonchev–Trinajstić information content (AvgIpc) is 2.99. The number of likely N-dealkylation sites (tertiary alicyclic amines) is 1. The van der Waals surface area contributed by atoms with Gasteiger partial charge in [0, 0.05) is 37.8 Å². The van der Waals surface area contributed by atoms with Gasteiger partial charge in [-0.05, 0) is 68.4 Å². The molecule has 7 heteroatoms. The predicted octanol–water partition coefficient (Wildman–Crippen LogP) is 3.45. The molecule has 0 aliphatic carbocycles. The molecule has 0 saturated carbocycles. The van der Waals surface area contributed by atoms with Gasteiger partial charge in [0.05, 0.1) is 6.20 Å². The standard InChI is InChI=1S/C22H30ClN3O3/c1-16-11-19(12-17(2)21(16)23)29-15-22(28)7-4-9-26(10-8-22)20(27)6-5-18-13-24-25(3)14-18/h11-14,28H,4-10,15H2,1-3H3. The van der Waals surface area contributed by atoms with Crippen molar-refractivity contribution in [2.75, 3.05) is 19.7 Å². The number of ether oxygens (including phenoxy) is 1. The van der Waals surface area contributed by atoms with Crippen LogP contribution in [0.5, 0.6) is 5.75 Å². The minimum atomic E-state index is -0.931. The van der Waals surface area contributed by atoms with Gasteiger partial charge in [-0.3, -0.25) is 9.48 Å². The molecular formula is C22H30ClN3O3. The van der Waals surface area contributed by atoms with Gasteiger partial charge < -0.3 is 14.7 Å². The van der Waals surface area contributed by atoms with E-state index < -0.39 is 5.60 Å². The fourth-order valence-electron chi connectivity index (χ4n) is 3.79. The molecule has 158 valence electrons. The quantitative estimate of drug-likeness (QED) is 0.778. The van der Waals surface area contributed by atoms with Crippen LogP contribution in [0.1, 0.15) is 42.4 Å². The van der Waals surface area contributed by atoms with E-state index in [1.54, 1.807) is 10.9 Å². The largest absolute Gasteiger partial charge is 0.491 e. The maximum absolute atomic E-state index is 12.6. The number of aryl methyl sites for hydroxylation is 4. The number of aromatic nitrogens is 2. The Bertz CT molecular complexity index is 844. The Morgan fingerprint density at radius 3 is 2.66 bits per heavy atom. The minimum absolute atomic E-state index is 0.128. The summed E-state index contributed by atoms with van der Waals surface area (Å²) in [6.07, 6.45) is 6.77. The number of hydrogen-bond acceptors (Lipinski definition) is 4. The molecule has 29 heavy (non-hydrogen) atoms. The average molecular weight is 420 g/mol. The van der Waals surface area contributed by atoms with E-state index in [1.165, 1.54) is 0 Å². The Morgan fingerprint density at radius 2 is 2.00 bits per heavy atom. The minimum Gasteiger partial charge on any atom is -0.491 e. The first-order valence-electron chi connectivity index (χ1n) is 10.1. The first-order chi connectivity index (χ1) is 13.8. The number of halogens is 1. The van der Waals surface area contributed by atoms with E-state index in [2.05, 4.69) is 5.10 Å². The fraction of sp³-hybridized carbons (Fsp3) is 0.545. The van der Waals surface area contributed by atoms with Gasteiger partial charge in [-0.2, -0.15) is 5.10 Å². The Labute approximate surface area is 177 Å². The lowest BCUT2D eigenvalue weighted by Crippen LogP contribution is -2.38. The molecule has 1 fully saturated rings. The molecule has 1 saturated heterocycles. The summed E-state index contributed by atoms with van der Waals surface area (Å²) in [6.45, 7) is 5.32. The van der Waals surface area contributed by atoms with E-state index in [-0.39, 0.29) is 12.5 Å². The van der Waals surface area contributed by atoms with E-state index >= 15 is 0 Å². The number of rotatable bonds is 6. The second kappa shape index (κ2) is 9.18. The summed E-state index contributed by atoms with van der Waals surface area (Å²) in [5.41, 5.74) is 2.05. The van der Waals surface area contributed by atoms with Crippen molar-refractivity contribution in [1.29, 1.82) is 0 Å². The maximum Gasteiger partial charge on any atom is 0.222 e. The third-order valence-electron chi connectivity index (χ3n) is 5.57. The summed E-state index contributed by atoms with van der Waals surface area (Å²) in [5, 5.41) is 15.9. The highest BCUT2D eigenvalue weighted by atomic mass is 35.5. The summed E-state index contributed by atoms with van der Waals surface area (Å²) >= 11 is 6.21. The van der Waals surface area contributed by atoms with Gasteiger partial charge in [0.25, 0.3) is 0 Å². The van der Waals surface area contributed by atoms with E-state index in [0.717, 1.165) is 28.1 Å². The van der Waals surface area contributed by atoms with Crippen LogP contribution in [-0.4, -0.2) is 51.0 Å². The normalized spacial score (nSPS) is 19.8. The zero-order valence-corrected chi connectivity index (χ0v) is 18.2. The molecule has 1 aromatic heterocycles. The Kier molecular flexibility index (Phi) is 6.85. The molecule has 1 unspecified atom stereocenters. The zero-order chi connectivity index (χ0) is 21.0. The monoisotopic (exact) mass is 419 g/mol. The molecule has 2 aromatic rings. The van der Waals surface area contributed by atoms with Crippen molar-refractivity contribution in [2.24, 2.45) is 7.05 Å². The first kappa shape index (κ1) is 21.7. The van der Waals surface area contributed by atoms with Crippen molar-refractivity contribution < 1.29 is 14.6 Å². The van der Waals surface area contributed by atoms with Gasteiger partial charge in [0.2, 0.25) is 5.91 Å².